The fourth-order valence-electron chi connectivity index (χ4n) is 5.17. The highest BCUT2D eigenvalue weighted by atomic mass is 32.2. The van der Waals surface area contributed by atoms with E-state index in [2.05, 4.69) is 80.7 Å². The molecule has 5 nitrogen and oxygen atoms in total. The van der Waals surface area contributed by atoms with Gasteiger partial charge in [0.15, 0.2) is 0 Å². The minimum absolute atomic E-state index is 0.0726. The van der Waals surface area contributed by atoms with Crippen LogP contribution in [-0.2, 0) is 17.6 Å². The molecule has 0 saturated heterocycles. The molecule has 230 valence electrons. The summed E-state index contributed by atoms with van der Waals surface area (Å²) >= 11 is 1.83. The number of rotatable bonds is 15. The molecule has 0 unspecified atom stereocenters. The molecular weight excluding hydrogens is 566 g/mol. The van der Waals surface area contributed by atoms with Crippen molar-refractivity contribution in [1.29, 1.82) is 0 Å². The largest absolute Gasteiger partial charge is 0.494 e. The molecule has 0 spiro atoms. The molecule has 4 aromatic rings. The van der Waals surface area contributed by atoms with Gasteiger partial charge in [-0.3, -0.25) is 9.59 Å². The van der Waals surface area contributed by atoms with Gasteiger partial charge in [-0.15, -0.1) is 11.8 Å². The minimum atomic E-state index is -0.835. The number of hydrogen-bond acceptors (Lipinski definition) is 4. The zero-order chi connectivity index (χ0) is 31.5. The second-order valence-corrected chi connectivity index (χ2v) is 12.3. The van der Waals surface area contributed by atoms with Gasteiger partial charge in [-0.1, -0.05) is 75.2 Å². The van der Waals surface area contributed by atoms with Crippen LogP contribution >= 0.6 is 11.8 Å². The van der Waals surface area contributed by atoms with Gasteiger partial charge in [0.25, 0.3) is 5.91 Å². The van der Waals surface area contributed by atoms with Crippen LogP contribution in [0.25, 0.3) is 0 Å². The van der Waals surface area contributed by atoms with E-state index in [1.54, 1.807) is 24.3 Å². The van der Waals surface area contributed by atoms with Gasteiger partial charge in [0.2, 0.25) is 0 Å². The van der Waals surface area contributed by atoms with Crippen LogP contribution in [-0.4, -0.2) is 23.6 Å². The third-order valence-corrected chi connectivity index (χ3v) is 9.26. The van der Waals surface area contributed by atoms with Gasteiger partial charge in [0, 0.05) is 22.6 Å². The predicted molar refractivity (Wildman–Crippen MR) is 181 cm³/mol. The first-order chi connectivity index (χ1) is 21.3. The number of carboxylic acids is 1. The molecule has 0 aliphatic heterocycles. The smallest absolute Gasteiger partial charge is 0.303 e. The van der Waals surface area contributed by atoms with Crippen molar-refractivity contribution in [3.05, 3.63) is 124 Å². The van der Waals surface area contributed by atoms with Crippen LogP contribution in [0.15, 0.2) is 89.8 Å². The van der Waals surface area contributed by atoms with Crippen LogP contribution in [0.3, 0.4) is 0 Å². The quantitative estimate of drug-likeness (QED) is 0.104. The van der Waals surface area contributed by atoms with Gasteiger partial charge >= 0.3 is 5.97 Å². The van der Waals surface area contributed by atoms with E-state index >= 15 is 0 Å². The molecule has 0 radical (unpaired) electrons. The molecule has 0 heterocycles. The Labute approximate surface area is 266 Å². The van der Waals surface area contributed by atoms with Crippen LogP contribution in [0.5, 0.6) is 5.75 Å². The third-order valence-electron chi connectivity index (χ3n) is 7.79. The number of ether oxygens (including phenoxy) is 1. The molecule has 0 atom stereocenters. The number of carbonyl (C=O) groups is 2. The van der Waals surface area contributed by atoms with Gasteiger partial charge in [0.05, 0.1) is 11.9 Å². The van der Waals surface area contributed by atoms with Crippen molar-refractivity contribution < 1.29 is 19.4 Å². The summed E-state index contributed by atoms with van der Waals surface area (Å²) in [5.41, 5.74) is 8.63. The normalized spacial score (nSPS) is 11.0. The molecule has 2 N–H and O–H groups in total. The first kappa shape index (κ1) is 32.9. The van der Waals surface area contributed by atoms with Gasteiger partial charge in [-0.05, 0) is 103 Å². The van der Waals surface area contributed by atoms with Crippen molar-refractivity contribution in [2.24, 2.45) is 0 Å². The summed E-state index contributed by atoms with van der Waals surface area (Å²) in [5, 5.41) is 11.9. The summed E-state index contributed by atoms with van der Waals surface area (Å²) in [4.78, 5) is 25.1. The summed E-state index contributed by atoms with van der Waals surface area (Å²) in [5.74, 6) is -0.360. The molecule has 0 aromatic heterocycles. The van der Waals surface area contributed by atoms with Crippen LogP contribution in [0, 0.1) is 13.8 Å². The van der Waals surface area contributed by atoms with E-state index in [1.807, 2.05) is 24.8 Å². The van der Waals surface area contributed by atoms with Crippen molar-refractivity contribution in [1.82, 2.24) is 0 Å². The lowest BCUT2D eigenvalue weighted by Crippen LogP contribution is -2.14. The zero-order valence-corrected chi connectivity index (χ0v) is 27.0. The lowest BCUT2D eigenvalue weighted by atomic mass is 10.00. The topological polar surface area (TPSA) is 75.6 Å². The summed E-state index contributed by atoms with van der Waals surface area (Å²) < 4.78 is 5.60. The average molecular weight is 610 g/mol. The maximum absolute atomic E-state index is 13.3. The fraction of sp³-hybridized carbons (Fsp3) is 0.316. The Morgan fingerprint density at radius 1 is 0.773 bits per heavy atom. The zero-order valence-electron chi connectivity index (χ0n) is 26.2. The lowest BCUT2D eigenvalue weighted by molar-refractivity contribution is -0.137. The molecule has 4 aromatic carbocycles. The predicted octanol–water partition coefficient (Wildman–Crippen LogP) is 9.59. The Hall–Kier alpha value is -4.03. The van der Waals surface area contributed by atoms with Gasteiger partial charge in [0.1, 0.15) is 5.75 Å². The second-order valence-electron chi connectivity index (χ2n) is 11.2. The van der Waals surface area contributed by atoms with Crippen LogP contribution in [0.1, 0.15) is 88.5 Å². The van der Waals surface area contributed by atoms with E-state index in [0.717, 1.165) is 41.7 Å². The monoisotopic (exact) mass is 609 g/mol. The van der Waals surface area contributed by atoms with Crippen molar-refractivity contribution in [3.8, 4) is 5.75 Å². The molecule has 0 bridgehead atoms. The summed E-state index contributed by atoms with van der Waals surface area (Å²) in [6.07, 6.45) is 4.94. The lowest BCUT2D eigenvalue weighted by Gasteiger charge is -2.21. The highest BCUT2D eigenvalue weighted by Crippen LogP contribution is 2.43. The maximum Gasteiger partial charge on any atom is 0.303 e. The highest BCUT2D eigenvalue weighted by molar-refractivity contribution is 7.99. The summed E-state index contributed by atoms with van der Waals surface area (Å²) in [6.45, 7) is 8.85. The van der Waals surface area contributed by atoms with Crippen molar-refractivity contribution in [3.63, 3.8) is 0 Å². The number of aryl methyl sites for hydroxylation is 2. The van der Waals surface area contributed by atoms with E-state index in [0.29, 0.717) is 30.0 Å². The van der Waals surface area contributed by atoms with E-state index in [-0.39, 0.29) is 17.6 Å². The number of carbonyl (C=O) groups excluding carboxylic acids is 1. The number of nitrogens with one attached hydrogen (secondary N) is 1. The number of hydrogen-bond donors (Lipinski definition) is 2. The fourth-order valence-corrected chi connectivity index (χ4v) is 6.48. The SMILES string of the molecule is CCCc1ccc(C(Sc2ccc(C(=O)Nc3ccc(OCCCC(=O)O)cc3)c(C)c2C)c2ccc(CCC)cc2)cc1. The molecule has 0 aliphatic rings. The molecule has 0 saturated carbocycles. The minimum Gasteiger partial charge on any atom is -0.494 e. The molecular formula is C38H43NO4S. The standard InChI is InChI=1S/C38H43NO4S/c1-5-8-28-11-15-30(16-12-28)37(31-17-13-29(9-6-2)14-18-31)44-35-24-23-34(26(3)27(35)4)38(42)39-32-19-21-33(22-20-32)43-25-7-10-36(40)41/h11-24,37H,5-10,25H2,1-4H3,(H,39,42)(H,40,41). The summed E-state index contributed by atoms with van der Waals surface area (Å²) in [6, 6.07) is 29.2. The highest BCUT2D eigenvalue weighted by Gasteiger charge is 2.20. The molecule has 0 aliphatic carbocycles. The third kappa shape index (κ3) is 8.99. The van der Waals surface area contributed by atoms with Gasteiger partial charge in [-0.25, -0.2) is 0 Å². The number of carboxylic acid groups (broad SMARTS) is 1. The van der Waals surface area contributed by atoms with E-state index < -0.39 is 5.97 Å². The molecule has 1 amide bonds. The molecule has 6 heteroatoms. The molecule has 0 fully saturated rings. The molecule has 44 heavy (non-hydrogen) atoms. The van der Waals surface area contributed by atoms with Crippen LogP contribution in [0.4, 0.5) is 5.69 Å². The Bertz CT molecular complexity index is 1480. The van der Waals surface area contributed by atoms with E-state index in [9.17, 15) is 9.59 Å². The van der Waals surface area contributed by atoms with Crippen LogP contribution < -0.4 is 10.1 Å². The Kier molecular flexibility index (Phi) is 12.1. The Morgan fingerprint density at radius 2 is 1.34 bits per heavy atom. The first-order valence-electron chi connectivity index (χ1n) is 15.5. The summed E-state index contributed by atoms with van der Waals surface area (Å²) in [7, 11) is 0. The second kappa shape index (κ2) is 16.2. The number of benzene rings is 4. The number of thioether (sulfide) groups is 1. The maximum atomic E-state index is 13.3. The molecule has 4 rings (SSSR count). The Morgan fingerprint density at radius 3 is 1.86 bits per heavy atom. The van der Waals surface area contributed by atoms with Crippen molar-refractivity contribution in [2.45, 2.75) is 76.4 Å². The number of aliphatic carboxylic acids is 1. The number of amides is 1. The Balaban J connectivity index is 1.50. The average Bonchev–Trinajstić information content (AvgIpc) is 3.02. The van der Waals surface area contributed by atoms with Gasteiger partial charge in [-0.2, -0.15) is 0 Å². The first-order valence-corrected chi connectivity index (χ1v) is 16.4. The van der Waals surface area contributed by atoms with E-state index in [4.69, 9.17) is 9.84 Å². The van der Waals surface area contributed by atoms with Crippen LogP contribution in [0.2, 0.25) is 0 Å². The van der Waals surface area contributed by atoms with Crippen molar-refractivity contribution >= 4 is 29.3 Å². The van der Waals surface area contributed by atoms with E-state index in [1.165, 1.54) is 22.3 Å². The van der Waals surface area contributed by atoms with Gasteiger partial charge < -0.3 is 15.2 Å². The van der Waals surface area contributed by atoms with Crippen molar-refractivity contribution in [2.75, 3.05) is 11.9 Å². The number of anilines is 1.